The molecule has 0 spiro atoms. The number of aromatic hydroxyl groups is 2. The predicted molar refractivity (Wildman–Crippen MR) is 75.3 cm³/mol. The summed E-state index contributed by atoms with van der Waals surface area (Å²) in [5, 5.41) is 31.0. The monoisotopic (exact) mass is 293 g/mol. The van der Waals surface area contributed by atoms with Crippen LogP contribution in [0.5, 0.6) is 11.5 Å². The first-order chi connectivity index (χ1) is 9.92. The number of amides is 1. The molecular weight excluding hydrogens is 274 g/mol. The van der Waals surface area contributed by atoms with Crippen LogP contribution in [0.2, 0.25) is 0 Å². The number of hydrogen-bond acceptors (Lipinski definition) is 4. The van der Waals surface area contributed by atoms with E-state index in [9.17, 15) is 19.8 Å². The minimum absolute atomic E-state index is 0.0506. The maximum atomic E-state index is 12.3. The number of aliphatic carboxylic acids is 1. The Morgan fingerprint density at radius 3 is 2.43 bits per heavy atom. The summed E-state index contributed by atoms with van der Waals surface area (Å²) in [6.45, 7) is 0. The first-order valence-corrected chi connectivity index (χ1v) is 6.98. The van der Waals surface area contributed by atoms with Gasteiger partial charge in [-0.25, -0.2) is 0 Å². The van der Waals surface area contributed by atoms with Gasteiger partial charge in [0.2, 0.25) is 0 Å². The van der Waals surface area contributed by atoms with Crippen LogP contribution in [-0.2, 0) is 4.79 Å². The lowest BCUT2D eigenvalue weighted by molar-refractivity contribution is -0.139. The average Bonchev–Trinajstić information content (AvgIpc) is 2.41. The van der Waals surface area contributed by atoms with Gasteiger partial charge in [-0.05, 0) is 31.0 Å². The zero-order valence-electron chi connectivity index (χ0n) is 11.6. The Labute approximate surface area is 122 Å². The lowest BCUT2D eigenvalue weighted by atomic mass is 9.79. The molecule has 0 heterocycles. The number of carboxylic acid groups (broad SMARTS) is 1. The highest BCUT2D eigenvalue weighted by Crippen LogP contribution is 2.32. The summed E-state index contributed by atoms with van der Waals surface area (Å²) in [6.07, 6.45) is 3.81. The minimum atomic E-state index is -0.961. The Bertz CT molecular complexity index is 549. The number of benzene rings is 1. The number of carboxylic acids is 1. The predicted octanol–water partition coefficient (Wildman–Crippen LogP) is 2.01. The van der Waals surface area contributed by atoms with Gasteiger partial charge in [0, 0.05) is 0 Å². The molecule has 0 bridgehead atoms. The minimum Gasteiger partial charge on any atom is -0.508 e. The van der Waals surface area contributed by atoms with Gasteiger partial charge in [0.1, 0.15) is 11.5 Å². The average molecular weight is 293 g/mol. The molecule has 6 nitrogen and oxygen atoms in total. The van der Waals surface area contributed by atoms with E-state index in [0.29, 0.717) is 12.8 Å². The molecule has 1 amide bonds. The maximum absolute atomic E-state index is 12.3. The summed E-state index contributed by atoms with van der Waals surface area (Å²) in [4.78, 5) is 23.4. The number of hydrogen-bond donors (Lipinski definition) is 4. The first-order valence-electron chi connectivity index (χ1n) is 6.98. The molecular formula is C15H19NO5. The Balaban J connectivity index is 2.21. The van der Waals surface area contributed by atoms with Crippen LogP contribution in [0.4, 0.5) is 0 Å². The highest BCUT2D eigenvalue weighted by molar-refractivity contribution is 5.97. The van der Waals surface area contributed by atoms with Crippen molar-refractivity contribution in [3.63, 3.8) is 0 Å². The second-order valence-electron chi connectivity index (χ2n) is 5.57. The second-order valence-corrected chi connectivity index (χ2v) is 5.57. The molecule has 1 fully saturated rings. The largest absolute Gasteiger partial charge is 0.508 e. The van der Waals surface area contributed by atoms with Gasteiger partial charge in [-0.1, -0.05) is 19.3 Å². The van der Waals surface area contributed by atoms with Crippen molar-refractivity contribution < 1.29 is 24.9 Å². The van der Waals surface area contributed by atoms with E-state index in [1.807, 2.05) is 0 Å². The third kappa shape index (κ3) is 3.65. The zero-order valence-corrected chi connectivity index (χ0v) is 11.6. The maximum Gasteiger partial charge on any atom is 0.305 e. The third-order valence-electron chi connectivity index (χ3n) is 3.90. The summed E-state index contributed by atoms with van der Waals surface area (Å²) in [5.41, 5.74) is -0.829. The van der Waals surface area contributed by atoms with Crippen LogP contribution in [0, 0.1) is 0 Å². The van der Waals surface area contributed by atoms with E-state index in [4.69, 9.17) is 5.11 Å². The van der Waals surface area contributed by atoms with Gasteiger partial charge in [-0.3, -0.25) is 9.59 Å². The fraction of sp³-hybridized carbons (Fsp3) is 0.467. The van der Waals surface area contributed by atoms with Crippen molar-refractivity contribution in [2.45, 2.75) is 44.1 Å². The Hall–Kier alpha value is -2.24. The molecule has 0 unspecified atom stereocenters. The SMILES string of the molecule is O=C(O)CC1(NC(=O)c2cc(O)ccc2O)CCCCC1. The quantitative estimate of drug-likeness (QED) is 0.635. The normalized spacial score (nSPS) is 17.1. The van der Waals surface area contributed by atoms with Crippen molar-refractivity contribution in [1.29, 1.82) is 0 Å². The summed E-state index contributed by atoms with van der Waals surface area (Å²) >= 11 is 0. The molecule has 0 aliphatic heterocycles. The molecule has 114 valence electrons. The van der Waals surface area contributed by atoms with Gasteiger partial charge in [0.25, 0.3) is 5.91 Å². The highest BCUT2D eigenvalue weighted by atomic mass is 16.4. The van der Waals surface area contributed by atoms with E-state index in [-0.39, 0.29) is 23.5 Å². The molecule has 6 heteroatoms. The summed E-state index contributed by atoms with van der Waals surface area (Å²) < 4.78 is 0. The van der Waals surface area contributed by atoms with Crippen LogP contribution in [0.25, 0.3) is 0 Å². The Morgan fingerprint density at radius 2 is 1.81 bits per heavy atom. The number of phenolic OH excluding ortho intramolecular Hbond substituents is 2. The van der Waals surface area contributed by atoms with Crippen molar-refractivity contribution in [3.8, 4) is 11.5 Å². The fourth-order valence-electron chi connectivity index (χ4n) is 2.88. The standard InChI is InChI=1S/C15H19NO5/c17-10-4-5-12(18)11(8-10)14(21)16-15(9-13(19)20)6-2-1-3-7-15/h4-5,8,17-18H,1-3,6-7,9H2,(H,16,21)(H,19,20). The number of nitrogens with one attached hydrogen (secondary N) is 1. The van der Waals surface area contributed by atoms with Crippen molar-refractivity contribution >= 4 is 11.9 Å². The van der Waals surface area contributed by atoms with Crippen LogP contribution < -0.4 is 5.32 Å². The van der Waals surface area contributed by atoms with Crippen molar-refractivity contribution in [1.82, 2.24) is 5.32 Å². The van der Waals surface area contributed by atoms with Crippen molar-refractivity contribution in [3.05, 3.63) is 23.8 Å². The number of carbonyl (C=O) groups is 2. The lowest BCUT2D eigenvalue weighted by Crippen LogP contribution is -2.51. The van der Waals surface area contributed by atoms with Gasteiger partial charge in [0.05, 0.1) is 17.5 Å². The van der Waals surface area contributed by atoms with E-state index >= 15 is 0 Å². The van der Waals surface area contributed by atoms with Gasteiger partial charge < -0.3 is 20.6 Å². The second kappa shape index (κ2) is 6.03. The molecule has 21 heavy (non-hydrogen) atoms. The van der Waals surface area contributed by atoms with E-state index in [1.54, 1.807) is 0 Å². The molecule has 2 rings (SSSR count). The van der Waals surface area contributed by atoms with Gasteiger partial charge in [-0.15, -0.1) is 0 Å². The molecule has 0 radical (unpaired) electrons. The topological polar surface area (TPSA) is 107 Å². The number of rotatable bonds is 4. The molecule has 0 aromatic heterocycles. The van der Waals surface area contributed by atoms with E-state index in [1.165, 1.54) is 18.2 Å². The van der Waals surface area contributed by atoms with Crippen LogP contribution in [-0.4, -0.2) is 32.7 Å². The number of phenols is 2. The van der Waals surface area contributed by atoms with E-state index < -0.39 is 17.4 Å². The van der Waals surface area contributed by atoms with Gasteiger partial charge >= 0.3 is 5.97 Å². The fourth-order valence-corrected chi connectivity index (χ4v) is 2.88. The molecule has 0 saturated heterocycles. The molecule has 1 aliphatic rings. The summed E-state index contributed by atoms with van der Waals surface area (Å²) in [7, 11) is 0. The van der Waals surface area contributed by atoms with Crippen LogP contribution in [0.15, 0.2) is 18.2 Å². The van der Waals surface area contributed by atoms with Crippen molar-refractivity contribution in [2.24, 2.45) is 0 Å². The summed E-state index contributed by atoms with van der Waals surface area (Å²) in [6, 6.07) is 3.68. The van der Waals surface area contributed by atoms with Gasteiger partial charge in [-0.2, -0.15) is 0 Å². The number of carbonyl (C=O) groups excluding carboxylic acids is 1. The third-order valence-corrected chi connectivity index (χ3v) is 3.90. The molecule has 0 atom stereocenters. The molecule has 4 N–H and O–H groups in total. The smallest absolute Gasteiger partial charge is 0.305 e. The van der Waals surface area contributed by atoms with E-state index in [0.717, 1.165) is 19.3 Å². The van der Waals surface area contributed by atoms with Crippen molar-refractivity contribution in [2.75, 3.05) is 0 Å². The molecule has 1 aliphatic carbocycles. The first kappa shape index (κ1) is 15.2. The highest BCUT2D eigenvalue weighted by Gasteiger charge is 2.36. The summed E-state index contributed by atoms with van der Waals surface area (Å²) in [5.74, 6) is -1.90. The Morgan fingerprint density at radius 1 is 1.14 bits per heavy atom. The van der Waals surface area contributed by atoms with Crippen LogP contribution in [0.3, 0.4) is 0 Å². The lowest BCUT2D eigenvalue weighted by Gasteiger charge is -2.37. The molecule has 1 aromatic carbocycles. The Kier molecular flexibility index (Phi) is 4.35. The van der Waals surface area contributed by atoms with Crippen LogP contribution >= 0.6 is 0 Å². The molecule has 1 aromatic rings. The van der Waals surface area contributed by atoms with Crippen LogP contribution in [0.1, 0.15) is 48.9 Å². The van der Waals surface area contributed by atoms with E-state index in [2.05, 4.69) is 5.32 Å². The molecule has 1 saturated carbocycles. The van der Waals surface area contributed by atoms with Gasteiger partial charge in [0.15, 0.2) is 0 Å². The zero-order chi connectivity index (χ0) is 15.5.